The SMILES string of the molecule is CC(C)n1nc(-c2cnc(N)c(OC(F)F)c2)cc1[C@H]1[C@@H]2C[C@@H](N3CC[C@H](F)C3)C[C@@H]21. The Labute approximate surface area is 179 Å². The molecule has 2 aliphatic carbocycles. The summed E-state index contributed by atoms with van der Waals surface area (Å²) < 4.78 is 45.5. The molecule has 31 heavy (non-hydrogen) atoms. The van der Waals surface area contributed by atoms with Crippen LogP contribution in [0, 0.1) is 11.8 Å². The molecule has 9 heteroatoms. The Morgan fingerprint density at radius 2 is 1.94 bits per heavy atom. The van der Waals surface area contributed by atoms with Gasteiger partial charge in [0.05, 0.1) is 5.69 Å². The monoisotopic (exact) mass is 435 g/mol. The van der Waals surface area contributed by atoms with Crippen molar-refractivity contribution in [2.45, 2.75) is 63.9 Å². The van der Waals surface area contributed by atoms with E-state index in [9.17, 15) is 13.2 Å². The van der Waals surface area contributed by atoms with Crippen LogP contribution in [0.4, 0.5) is 19.0 Å². The zero-order chi connectivity index (χ0) is 21.9. The van der Waals surface area contributed by atoms with E-state index < -0.39 is 12.8 Å². The van der Waals surface area contributed by atoms with Crippen LogP contribution in [0.1, 0.15) is 50.8 Å². The smallest absolute Gasteiger partial charge is 0.387 e. The number of ether oxygens (including phenoxy) is 1. The fourth-order valence-electron chi connectivity index (χ4n) is 5.62. The van der Waals surface area contributed by atoms with Crippen LogP contribution < -0.4 is 10.5 Å². The van der Waals surface area contributed by atoms with Crippen LogP contribution in [0.15, 0.2) is 18.3 Å². The number of halogens is 3. The maximum atomic E-state index is 13.6. The van der Waals surface area contributed by atoms with Crippen molar-refractivity contribution in [1.29, 1.82) is 0 Å². The molecule has 0 radical (unpaired) electrons. The summed E-state index contributed by atoms with van der Waals surface area (Å²) in [5, 5.41) is 4.76. The molecular formula is C22H28F3N5O. The molecule has 6 nitrogen and oxygen atoms in total. The number of alkyl halides is 3. The van der Waals surface area contributed by atoms with Crippen molar-refractivity contribution in [1.82, 2.24) is 19.7 Å². The van der Waals surface area contributed by atoms with Crippen molar-refractivity contribution in [2.75, 3.05) is 18.8 Å². The third kappa shape index (κ3) is 3.77. The highest BCUT2D eigenvalue weighted by atomic mass is 19.3. The van der Waals surface area contributed by atoms with Gasteiger partial charge in [-0.15, -0.1) is 0 Å². The van der Waals surface area contributed by atoms with Crippen LogP contribution in [-0.4, -0.2) is 51.6 Å². The molecule has 3 aliphatic rings. The van der Waals surface area contributed by atoms with E-state index in [1.54, 1.807) is 0 Å². The van der Waals surface area contributed by atoms with E-state index in [1.807, 2.05) is 10.7 Å². The number of aromatic nitrogens is 3. The number of likely N-dealkylation sites (tertiary alicyclic amines) is 1. The lowest BCUT2D eigenvalue weighted by Crippen LogP contribution is -2.33. The Morgan fingerprint density at radius 3 is 2.55 bits per heavy atom. The summed E-state index contributed by atoms with van der Waals surface area (Å²) in [6, 6.07) is 4.18. The standard InChI is InChI=1S/C22H28F3N5O/c1-11(2)30-18(20-15-6-14(7-16(15)20)29-4-3-13(23)10-29)8-17(28-30)12-5-19(31-22(24)25)21(26)27-9-12/h5,8-9,11,13-16,20,22H,3-4,6-7,10H2,1-2H3,(H2,26,27)/t13-,14-,15-,16+,20+/m0/s1. The van der Waals surface area contributed by atoms with E-state index >= 15 is 0 Å². The number of nitrogens with two attached hydrogens (primary N) is 1. The van der Waals surface area contributed by atoms with Gasteiger partial charge < -0.3 is 10.5 Å². The minimum Gasteiger partial charge on any atom is -0.431 e. The van der Waals surface area contributed by atoms with Crippen molar-refractivity contribution in [3.05, 3.63) is 24.0 Å². The van der Waals surface area contributed by atoms with E-state index in [0.717, 1.165) is 19.4 Å². The molecule has 2 N–H and O–H groups in total. The van der Waals surface area contributed by atoms with Crippen molar-refractivity contribution in [2.24, 2.45) is 11.8 Å². The first-order valence-corrected chi connectivity index (χ1v) is 11.0. The number of hydrogen-bond acceptors (Lipinski definition) is 5. The summed E-state index contributed by atoms with van der Waals surface area (Å²) in [5.74, 6) is 1.44. The lowest BCUT2D eigenvalue weighted by Gasteiger charge is -2.25. The van der Waals surface area contributed by atoms with Crippen LogP contribution in [-0.2, 0) is 0 Å². The number of hydrogen-bond donors (Lipinski definition) is 1. The molecule has 3 heterocycles. The quantitative estimate of drug-likeness (QED) is 0.735. The van der Waals surface area contributed by atoms with E-state index in [4.69, 9.17) is 10.8 Å². The van der Waals surface area contributed by atoms with Crippen molar-refractivity contribution < 1.29 is 17.9 Å². The summed E-state index contributed by atoms with van der Waals surface area (Å²) in [5.41, 5.74) is 8.12. The Morgan fingerprint density at radius 1 is 1.19 bits per heavy atom. The van der Waals surface area contributed by atoms with Gasteiger partial charge in [0.25, 0.3) is 0 Å². The Hall–Kier alpha value is -2.29. The highest BCUT2D eigenvalue weighted by Crippen LogP contribution is 2.64. The second-order valence-electron chi connectivity index (χ2n) is 9.34. The maximum absolute atomic E-state index is 13.6. The Balaban J connectivity index is 1.36. The third-order valence-electron chi connectivity index (χ3n) is 7.09. The van der Waals surface area contributed by atoms with Crippen LogP contribution in [0.3, 0.4) is 0 Å². The van der Waals surface area contributed by atoms with Gasteiger partial charge in [-0.25, -0.2) is 9.37 Å². The molecule has 5 rings (SSSR count). The van der Waals surface area contributed by atoms with Crippen LogP contribution in [0.2, 0.25) is 0 Å². The molecule has 2 saturated carbocycles. The summed E-state index contributed by atoms with van der Waals surface area (Å²) in [4.78, 5) is 6.33. The lowest BCUT2D eigenvalue weighted by atomic mass is 10.0. The van der Waals surface area contributed by atoms with Gasteiger partial charge in [0.1, 0.15) is 6.17 Å². The average molecular weight is 435 g/mol. The molecule has 0 unspecified atom stereocenters. The molecular weight excluding hydrogens is 407 g/mol. The van der Waals surface area contributed by atoms with Gasteiger partial charge in [-0.1, -0.05) is 0 Å². The number of anilines is 1. The van der Waals surface area contributed by atoms with Gasteiger partial charge in [0.15, 0.2) is 11.6 Å². The zero-order valence-electron chi connectivity index (χ0n) is 17.7. The fourth-order valence-corrected chi connectivity index (χ4v) is 5.62. The molecule has 0 aromatic carbocycles. The number of nitrogen functional groups attached to an aromatic ring is 1. The van der Waals surface area contributed by atoms with Gasteiger partial charge in [0.2, 0.25) is 0 Å². The first-order valence-electron chi connectivity index (χ1n) is 11.0. The number of rotatable bonds is 6. The molecule has 5 atom stereocenters. The number of fused-ring (bicyclic) bond motifs is 1. The predicted molar refractivity (Wildman–Crippen MR) is 111 cm³/mol. The lowest BCUT2D eigenvalue weighted by molar-refractivity contribution is -0.0494. The largest absolute Gasteiger partial charge is 0.431 e. The highest BCUT2D eigenvalue weighted by Gasteiger charge is 2.59. The second-order valence-corrected chi connectivity index (χ2v) is 9.34. The summed E-state index contributed by atoms with van der Waals surface area (Å²) >= 11 is 0. The van der Waals surface area contributed by atoms with Gasteiger partial charge in [0, 0.05) is 48.5 Å². The molecule has 2 aromatic heterocycles. The van der Waals surface area contributed by atoms with Crippen molar-refractivity contribution in [3.63, 3.8) is 0 Å². The first-order chi connectivity index (χ1) is 14.8. The summed E-state index contributed by atoms with van der Waals surface area (Å²) in [7, 11) is 0. The van der Waals surface area contributed by atoms with Gasteiger partial charge >= 0.3 is 6.61 Å². The Kier molecular flexibility index (Phi) is 5.11. The molecule has 0 amide bonds. The molecule has 0 spiro atoms. The maximum Gasteiger partial charge on any atom is 0.387 e. The topological polar surface area (TPSA) is 69.2 Å². The molecule has 1 saturated heterocycles. The van der Waals surface area contributed by atoms with Gasteiger partial charge in [-0.2, -0.15) is 13.9 Å². The van der Waals surface area contributed by atoms with E-state index in [-0.39, 0.29) is 17.6 Å². The number of nitrogens with zero attached hydrogens (tertiary/aromatic N) is 4. The summed E-state index contributed by atoms with van der Waals surface area (Å²) in [6.07, 6.45) is 3.73. The van der Waals surface area contributed by atoms with Crippen LogP contribution >= 0.6 is 0 Å². The molecule has 0 bridgehead atoms. The summed E-state index contributed by atoms with van der Waals surface area (Å²) in [6.45, 7) is 2.65. The normalized spacial score (nSPS) is 30.4. The van der Waals surface area contributed by atoms with E-state index in [1.165, 1.54) is 18.0 Å². The highest BCUT2D eigenvalue weighted by molar-refractivity contribution is 5.64. The fraction of sp³-hybridized carbons (Fsp3) is 0.636. The third-order valence-corrected chi connectivity index (χ3v) is 7.09. The average Bonchev–Trinajstić information content (AvgIpc) is 3.16. The minimum absolute atomic E-state index is 0.0761. The zero-order valence-corrected chi connectivity index (χ0v) is 17.7. The molecule has 168 valence electrons. The second kappa shape index (κ2) is 7.69. The first kappa shape index (κ1) is 20.6. The molecule has 1 aliphatic heterocycles. The predicted octanol–water partition coefficient (Wildman–Crippen LogP) is 4.25. The number of pyridine rings is 1. The van der Waals surface area contributed by atoms with Crippen LogP contribution in [0.25, 0.3) is 11.3 Å². The van der Waals surface area contributed by atoms with E-state index in [0.29, 0.717) is 48.0 Å². The Bertz CT molecular complexity index is 953. The van der Waals surface area contributed by atoms with Crippen molar-refractivity contribution in [3.8, 4) is 17.0 Å². The van der Waals surface area contributed by atoms with E-state index in [2.05, 4.69) is 28.5 Å². The van der Waals surface area contributed by atoms with Gasteiger partial charge in [-0.3, -0.25) is 9.58 Å². The minimum atomic E-state index is -2.97. The molecule has 3 fully saturated rings. The van der Waals surface area contributed by atoms with Gasteiger partial charge in [-0.05, 0) is 57.1 Å². The molecule has 2 aromatic rings. The van der Waals surface area contributed by atoms with Crippen LogP contribution in [0.5, 0.6) is 5.75 Å². The van der Waals surface area contributed by atoms with Crippen molar-refractivity contribution >= 4 is 5.82 Å².